The summed E-state index contributed by atoms with van der Waals surface area (Å²) in [6.45, 7) is 3.65. The third-order valence-corrected chi connectivity index (χ3v) is 6.59. The molecule has 11 heteroatoms. The van der Waals surface area contributed by atoms with Gasteiger partial charge in [0.25, 0.3) is 11.5 Å². The number of carbonyl (C=O) groups is 2. The number of hydrogen-bond donors (Lipinski definition) is 1. The molecule has 0 radical (unpaired) electrons. The lowest BCUT2D eigenvalue weighted by molar-refractivity contribution is -0.384. The van der Waals surface area contributed by atoms with Crippen molar-refractivity contribution in [2.75, 3.05) is 4.90 Å². The summed E-state index contributed by atoms with van der Waals surface area (Å²) in [5.74, 6) is -1.37. The van der Waals surface area contributed by atoms with Gasteiger partial charge in [0, 0.05) is 24.1 Å². The highest BCUT2D eigenvalue weighted by atomic mass is 32.1. The number of aliphatic hydroxyl groups is 1. The summed E-state index contributed by atoms with van der Waals surface area (Å²) in [7, 11) is 0. The third-order valence-electron chi connectivity index (χ3n) is 5.75. The van der Waals surface area contributed by atoms with E-state index >= 15 is 0 Å². The van der Waals surface area contributed by atoms with Crippen LogP contribution >= 0.6 is 11.3 Å². The number of Topliss-reactive ketones (excluding diaryl/α,β-unsaturated/α-hetero) is 1. The van der Waals surface area contributed by atoms with Gasteiger partial charge in [-0.05, 0) is 55.3 Å². The first-order valence-corrected chi connectivity index (χ1v) is 11.2. The van der Waals surface area contributed by atoms with Crippen LogP contribution in [0.1, 0.15) is 34.7 Å². The summed E-state index contributed by atoms with van der Waals surface area (Å²) in [4.78, 5) is 38.0. The lowest BCUT2D eigenvalue weighted by Gasteiger charge is -2.22. The molecule has 0 bridgehead atoms. The number of aryl methyl sites for hydroxylation is 1. The predicted molar refractivity (Wildman–Crippen MR) is 123 cm³/mol. The molecule has 1 amide bonds. The maximum Gasteiger partial charge on any atom is 0.301 e. The smallest absolute Gasteiger partial charge is 0.301 e. The molecule has 34 heavy (non-hydrogen) atoms. The van der Waals surface area contributed by atoms with Crippen LogP contribution in [-0.2, 0) is 16.0 Å². The number of rotatable bonds is 4. The molecule has 3 aromatic rings. The van der Waals surface area contributed by atoms with Gasteiger partial charge in [0.05, 0.1) is 16.5 Å². The van der Waals surface area contributed by atoms with Crippen molar-refractivity contribution in [1.29, 1.82) is 0 Å². The number of aromatic nitrogens is 2. The summed E-state index contributed by atoms with van der Waals surface area (Å²) >= 11 is 1.12. The standard InChI is InChI=1S/C23H18N4O6S/c1-11-9-15-10-14(5-8-17(15)33-11)20(28)18-19(13-3-6-16(7-4-13)27(31)32)26(22(30)21(18)29)23-25-24-12(2)34-23/h3-8,10-11,19,28H,9H2,1-2H3/t11-,19-/m1/s1. The zero-order chi connectivity index (χ0) is 24.1. The SMILES string of the molecule is Cc1nnc(N2C(=O)C(=O)C(=C(O)c3ccc4c(c3)C[C@@H](C)O4)[C@H]2c2ccc([N+](=O)[O-])cc2)s1. The number of aliphatic hydroxyl groups excluding tert-OH is 1. The minimum atomic E-state index is -1.03. The monoisotopic (exact) mass is 478 g/mol. The van der Waals surface area contributed by atoms with Crippen LogP contribution in [0.25, 0.3) is 5.76 Å². The van der Waals surface area contributed by atoms with Crippen LogP contribution in [0.15, 0.2) is 48.0 Å². The number of amides is 1. The lowest BCUT2D eigenvalue weighted by atomic mass is 9.94. The molecule has 1 aromatic heterocycles. The average Bonchev–Trinajstić information content (AvgIpc) is 3.48. The van der Waals surface area contributed by atoms with Crippen molar-refractivity contribution in [3.63, 3.8) is 0 Å². The second kappa shape index (κ2) is 8.03. The van der Waals surface area contributed by atoms with E-state index in [9.17, 15) is 24.8 Å². The number of carbonyl (C=O) groups excluding carboxylic acids is 2. The van der Waals surface area contributed by atoms with E-state index in [0.717, 1.165) is 16.9 Å². The topological polar surface area (TPSA) is 136 Å². The number of non-ortho nitro benzene ring substituents is 1. The van der Waals surface area contributed by atoms with E-state index in [1.807, 2.05) is 6.92 Å². The van der Waals surface area contributed by atoms with Crippen LogP contribution in [-0.4, -0.2) is 38.0 Å². The van der Waals surface area contributed by atoms with Gasteiger partial charge in [-0.25, -0.2) is 0 Å². The van der Waals surface area contributed by atoms with E-state index in [4.69, 9.17) is 4.74 Å². The third kappa shape index (κ3) is 3.50. The highest BCUT2D eigenvalue weighted by Gasteiger charge is 2.48. The normalized spacial score (nSPS) is 20.9. The Hall–Kier alpha value is -4.12. The fourth-order valence-corrected chi connectivity index (χ4v) is 4.95. The van der Waals surface area contributed by atoms with E-state index < -0.39 is 22.7 Å². The van der Waals surface area contributed by atoms with Crippen LogP contribution in [0.4, 0.5) is 10.8 Å². The number of hydrogen-bond acceptors (Lipinski definition) is 9. The molecule has 0 saturated carbocycles. The number of anilines is 1. The molecule has 1 fully saturated rings. The van der Waals surface area contributed by atoms with Crippen LogP contribution in [0, 0.1) is 17.0 Å². The highest BCUT2D eigenvalue weighted by Crippen LogP contribution is 2.43. The second-order valence-electron chi connectivity index (χ2n) is 8.08. The van der Waals surface area contributed by atoms with Crippen molar-refractivity contribution in [3.8, 4) is 5.75 Å². The van der Waals surface area contributed by atoms with Gasteiger partial charge < -0.3 is 9.84 Å². The maximum absolute atomic E-state index is 13.2. The van der Waals surface area contributed by atoms with Gasteiger partial charge in [0.15, 0.2) is 0 Å². The van der Waals surface area contributed by atoms with Crippen LogP contribution in [0.3, 0.4) is 0 Å². The largest absolute Gasteiger partial charge is 0.507 e. The van der Waals surface area contributed by atoms with Gasteiger partial charge in [0.1, 0.15) is 22.6 Å². The Balaban J connectivity index is 1.67. The number of nitro benzene ring substituents is 1. The Labute approximate surface area is 197 Å². The van der Waals surface area contributed by atoms with E-state index in [0.29, 0.717) is 28.3 Å². The summed E-state index contributed by atoms with van der Waals surface area (Å²) in [5.41, 5.74) is 1.41. The quantitative estimate of drug-likeness (QED) is 0.197. The maximum atomic E-state index is 13.2. The first-order valence-electron chi connectivity index (χ1n) is 10.4. The first-order chi connectivity index (χ1) is 16.2. The van der Waals surface area contributed by atoms with Crippen molar-refractivity contribution in [2.24, 2.45) is 0 Å². The molecule has 0 unspecified atom stereocenters. The molecular weight excluding hydrogens is 460 g/mol. The summed E-state index contributed by atoms with van der Waals surface area (Å²) < 4.78 is 5.71. The molecule has 5 rings (SSSR count). The molecule has 2 aliphatic heterocycles. The summed E-state index contributed by atoms with van der Waals surface area (Å²) in [6, 6.07) is 9.55. The predicted octanol–water partition coefficient (Wildman–Crippen LogP) is 3.70. The lowest BCUT2D eigenvalue weighted by Crippen LogP contribution is -2.29. The Morgan fingerprint density at radius 2 is 1.94 bits per heavy atom. The van der Waals surface area contributed by atoms with Crippen LogP contribution in [0.2, 0.25) is 0 Å². The average molecular weight is 478 g/mol. The zero-order valence-corrected chi connectivity index (χ0v) is 18.9. The van der Waals surface area contributed by atoms with Crippen molar-refractivity contribution in [2.45, 2.75) is 32.4 Å². The van der Waals surface area contributed by atoms with Crippen LogP contribution < -0.4 is 9.64 Å². The Kier molecular flexibility index (Phi) is 5.13. The van der Waals surface area contributed by atoms with Gasteiger partial charge in [0.2, 0.25) is 5.13 Å². The van der Waals surface area contributed by atoms with Gasteiger partial charge in [-0.2, -0.15) is 0 Å². The highest BCUT2D eigenvalue weighted by molar-refractivity contribution is 7.15. The van der Waals surface area contributed by atoms with Crippen LogP contribution in [0.5, 0.6) is 5.75 Å². The fourth-order valence-electron chi connectivity index (χ4n) is 4.23. The number of ketones is 1. The van der Waals surface area contributed by atoms with Gasteiger partial charge >= 0.3 is 5.91 Å². The summed E-state index contributed by atoms with van der Waals surface area (Å²) in [6.07, 6.45) is 0.652. The minimum absolute atomic E-state index is 0.00118. The molecular formula is C23H18N4O6S. The molecule has 2 atom stereocenters. The van der Waals surface area contributed by atoms with E-state index in [-0.39, 0.29) is 28.3 Å². The number of nitrogens with zero attached hydrogens (tertiary/aromatic N) is 4. The molecule has 1 N–H and O–H groups in total. The molecule has 1 saturated heterocycles. The first kappa shape index (κ1) is 21.7. The number of benzene rings is 2. The molecule has 2 aromatic carbocycles. The van der Waals surface area contributed by atoms with Crippen molar-refractivity contribution in [1.82, 2.24) is 10.2 Å². The van der Waals surface area contributed by atoms with Gasteiger partial charge in [-0.15, -0.1) is 10.2 Å². The van der Waals surface area contributed by atoms with Crippen molar-refractivity contribution < 1.29 is 24.4 Å². The molecule has 0 spiro atoms. The van der Waals surface area contributed by atoms with Gasteiger partial charge in [-0.3, -0.25) is 24.6 Å². The Morgan fingerprint density at radius 3 is 2.59 bits per heavy atom. The molecule has 172 valence electrons. The Morgan fingerprint density at radius 1 is 1.21 bits per heavy atom. The number of fused-ring (bicyclic) bond motifs is 1. The molecule has 0 aliphatic carbocycles. The van der Waals surface area contributed by atoms with Gasteiger partial charge in [-0.1, -0.05) is 11.3 Å². The Bertz CT molecular complexity index is 1380. The minimum Gasteiger partial charge on any atom is -0.507 e. The van der Waals surface area contributed by atoms with Crippen molar-refractivity contribution in [3.05, 3.63) is 79.8 Å². The number of ether oxygens (including phenoxy) is 1. The van der Waals surface area contributed by atoms with Crippen molar-refractivity contribution >= 4 is 39.6 Å². The molecule has 2 aliphatic rings. The van der Waals surface area contributed by atoms with E-state index in [1.54, 1.807) is 25.1 Å². The van der Waals surface area contributed by atoms with E-state index in [1.165, 1.54) is 29.2 Å². The second-order valence-corrected chi connectivity index (χ2v) is 9.24. The molecule has 10 nitrogen and oxygen atoms in total. The van der Waals surface area contributed by atoms with E-state index in [2.05, 4.69) is 10.2 Å². The fraction of sp³-hybridized carbons (Fsp3) is 0.217. The zero-order valence-electron chi connectivity index (χ0n) is 18.1. The summed E-state index contributed by atoms with van der Waals surface area (Å²) in [5, 5.41) is 31.1. The molecule has 3 heterocycles. The number of nitro groups is 1.